The van der Waals surface area contributed by atoms with E-state index >= 15 is 0 Å². The third-order valence-electron chi connectivity index (χ3n) is 4.00. The summed E-state index contributed by atoms with van der Waals surface area (Å²) in [4.78, 5) is 4.68. The molecule has 0 N–H and O–H groups in total. The average Bonchev–Trinajstić information content (AvgIpc) is 2.93. The lowest BCUT2D eigenvalue weighted by atomic mass is 10.1. The van der Waals surface area contributed by atoms with Crippen LogP contribution in [0.3, 0.4) is 0 Å². The smallest absolute Gasteiger partial charge is 0.170 e. The van der Waals surface area contributed by atoms with Crippen LogP contribution in [0.5, 0.6) is 5.75 Å². The highest BCUT2D eigenvalue weighted by atomic mass is 32.2. The van der Waals surface area contributed by atoms with Gasteiger partial charge in [0.05, 0.1) is 24.2 Å². The molecule has 1 aromatic heterocycles. The Morgan fingerprint density at radius 2 is 2.00 bits per heavy atom. The van der Waals surface area contributed by atoms with Crippen molar-refractivity contribution >= 4 is 22.8 Å². The molecule has 0 amide bonds. The molecule has 4 heteroatoms. The molecule has 0 atom stereocenters. The van der Waals surface area contributed by atoms with Crippen molar-refractivity contribution in [1.29, 1.82) is 0 Å². The Balaban J connectivity index is 1.67. The van der Waals surface area contributed by atoms with Crippen molar-refractivity contribution in [3.05, 3.63) is 53.6 Å². The first-order valence-electron chi connectivity index (χ1n) is 7.91. The zero-order chi connectivity index (χ0) is 16.9. The molecule has 3 nitrogen and oxygen atoms in total. The van der Waals surface area contributed by atoms with Crippen LogP contribution in [0.25, 0.3) is 11.0 Å². The van der Waals surface area contributed by atoms with Crippen molar-refractivity contribution in [3.8, 4) is 18.1 Å². The number of aryl methyl sites for hydroxylation is 1. The standard InChI is InChI=1S/C20H20N2OS/c1-4-12-22-18-10-6-5-9-17(18)21-20(22)24-14-13-23-19-11-7-8-15(2)16(19)3/h1,5-11H,12-14H2,2-3H3. The summed E-state index contributed by atoms with van der Waals surface area (Å²) in [5.74, 6) is 4.48. The molecule has 0 unspecified atom stereocenters. The monoisotopic (exact) mass is 336 g/mol. The molecule has 0 bridgehead atoms. The summed E-state index contributed by atoms with van der Waals surface area (Å²) in [7, 11) is 0. The van der Waals surface area contributed by atoms with Crippen LogP contribution in [0.4, 0.5) is 0 Å². The van der Waals surface area contributed by atoms with Crippen LogP contribution in [0.15, 0.2) is 47.6 Å². The lowest BCUT2D eigenvalue weighted by Crippen LogP contribution is -2.04. The van der Waals surface area contributed by atoms with E-state index in [1.54, 1.807) is 11.8 Å². The number of aromatic nitrogens is 2. The predicted octanol–water partition coefficient (Wildman–Crippen LogP) is 4.46. The Kier molecular flexibility index (Phi) is 5.12. The first-order chi connectivity index (χ1) is 11.7. The van der Waals surface area contributed by atoms with Gasteiger partial charge in [0.15, 0.2) is 5.16 Å². The van der Waals surface area contributed by atoms with Gasteiger partial charge in [0.1, 0.15) is 5.75 Å². The van der Waals surface area contributed by atoms with Gasteiger partial charge in [-0.3, -0.25) is 0 Å². The number of rotatable bonds is 6. The van der Waals surface area contributed by atoms with E-state index < -0.39 is 0 Å². The Labute approximate surface area is 147 Å². The predicted molar refractivity (Wildman–Crippen MR) is 101 cm³/mol. The zero-order valence-corrected chi connectivity index (χ0v) is 14.8. The third kappa shape index (κ3) is 3.42. The molecule has 3 rings (SSSR count). The summed E-state index contributed by atoms with van der Waals surface area (Å²) in [6, 6.07) is 14.2. The van der Waals surface area contributed by atoms with Crippen molar-refractivity contribution in [2.75, 3.05) is 12.4 Å². The van der Waals surface area contributed by atoms with Gasteiger partial charge in [-0.2, -0.15) is 0 Å². The van der Waals surface area contributed by atoms with E-state index in [1.807, 2.05) is 30.3 Å². The summed E-state index contributed by atoms with van der Waals surface area (Å²) >= 11 is 1.67. The first-order valence-corrected chi connectivity index (χ1v) is 8.90. The van der Waals surface area contributed by atoms with Crippen LogP contribution in [-0.2, 0) is 6.54 Å². The lowest BCUT2D eigenvalue weighted by molar-refractivity contribution is 0.341. The van der Waals surface area contributed by atoms with Gasteiger partial charge in [-0.1, -0.05) is 41.9 Å². The summed E-state index contributed by atoms with van der Waals surface area (Å²) in [6.07, 6.45) is 5.51. The van der Waals surface area contributed by atoms with E-state index in [1.165, 1.54) is 11.1 Å². The van der Waals surface area contributed by atoms with Gasteiger partial charge >= 0.3 is 0 Å². The number of benzene rings is 2. The van der Waals surface area contributed by atoms with Gasteiger partial charge in [-0.05, 0) is 43.2 Å². The molecule has 0 saturated heterocycles. The highest BCUT2D eigenvalue weighted by Gasteiger charge is 2.10. The van der Waals surface area contributed by atoms with Crippen LogP contribution in [0.2, 0.25) is 0 Å². The van der Waals surface area contributed by atoms with Crippen LogP contribution < -0.4 is 4.74 Å². The van der Waals surface area contributed by atoms with E-state index in [0.717, 1.165) is 27.7 Å². The number of para-hydroxylation sites is 2. The molecular weight excluding hydrogens is 316 g/mol. The van der Waals surface area contributed by atoms with Crippen LogP contribution in [0, 0.1) is 26.2 Å². The van der Waals surface area contributed by atoms with Gasteiger partial charge in [-0.25, -0.2) is 4.98 Å². The number of nitrogens with zero attached hydrogens (tertiary/aromatic N) is 2. The normalized spacial score (nSPS) is 10.7. The van der Waals surface area contributed by atoms with E-state index in [4.69, 9.17) is 11.2 Å². The van der Waals surface area contributed by atoms with Gasteiger partial charge < -0.3 is 9.30 Å². The average molecular weight is 336 g/mol. The second-order valence-electron chi connectivity index (χ2n) is 5.57. The van der Waals surface area contributed by atoms with Crippen LogP contribution >= 0.6 is 11.8 Å². The summed E-state index contributed by atoms with van der Waals surface area (Å²) in [5.41, 5.74) is 4.50. The Morgan fingerprint density at radius 1 is 1.17 bits per heavy atom. The quantitative estimate of drug-likeness (QED) is 0.378. The summed E-state index contributed by atoms with van der Waals surface area (Å²) in [5, 5.41) is 0.943. The minimum atomic E-state index is 0.528. The largest absolute Gasteiger partial charge is 0.492 e. The number of fused-ring (bicyclic) bond motifs is 1. The van der Waals surface area contributed by atoms with Crippen LogP contribution in [-0.4, -0.2) is 21.9 Å². The van der Waals surface area contributed by atoms with Crippen molar-refractivity contribution in [2.24, 2.45) is 0 Å². The maximum atomic E-state index is 5.92. The molecule has 0 aliphatic heterocycles. The van der Waals surface area contributed by atoms with E-state index in [9.17, 15) is 0 Å². The first kappa shape index (κ1) is 16.5. The minimum Gasteiger partial charge on any atom is -0.492 e. The molecule has 2 aromatic carbocycles. The topological polar surface area (TPSA) is 27.1 Å². The summed E-state index contributed by atoms with van der Waals surface area (Å²) < 4.78 is 8.00. The fourth-order valence-electron chi connectivity index (χ4n) is 2.57. The van der Waals surface area contributed by atoms with E-state index in [-0.39, 0.29) is 0 Å². The molecule has 0 fully saturated rings. The Bertz CT molecular complexity index is 892. The Hall–Kier alpha value is -2.38. The number of hydrogen-bond acceptors (Lipinski definition) is 3. The number of imidazole rings is 1. The van der Waals surface area contributed by atoms with Gasteiger partial charge in [0, 0.05) is 5.75 Å². The molecule has 0 aliphatic carbocycles. The fraction of sp³-hybridized carbons (Fsp3) is 0.250. The van der Waals surface area contributed by atoms with Crippen molar-refractivity contribution < 1.29 is 4.74 Å². The molecule has 0 aliphatic rings. The molecule has 0 spiro atoms. The second kappa shape index (κ2) is 7.46. The van der Waals surface area contributed by atoms with Crippen LogP contribution in [0.1, 0.15) is 11.1 Å². The molecule has 0 radical (unpaired) electrons. The SMILES string of the molecule is C#CCn1c(SCCOc2cccc(C)c2C)nc2ccccc21. The van der Waals surface area contributed by atoms with Gasteiger partial charge in [0.2, 0.25) is 0 Å². The fourth-order valence-corrected chi connectivity index (χ4v) is 3.40. The third-order valence-corrected chi connectivity index (χ3v) is 4.94. The number of ether oxygens (including phenoxy) is 1. The maximum Gasteiger partial charge on any atom is 0.170 e. The summed E-state index contributed by atoms with van der Waals surface area (Å²) in [6.45, 7) is 5.35. The van der Waals surface area contributed by atoms with Crippen molar-refractivity contribution in [2.45, 2.75) is 25.5 Å². The molecule has 122 valence electrons. The van der Waals surface area contributed by atoms with Crippen molar-refractivity contribution in [1.82, 2.24) is 9.55 Å². The molecular formula is C20H20N2OS. The minimum absolute atomic E-state index is 0.528. The van der Waals surface area contributed by atoms with Crippen molar-refractivity contribution in [3.63, 3.8) is 0 Å². The number of hydrogen-bond donors (Lipinski definition) is 0. The maximum absolute atomic E-state index is 5.92. The highest BCUT2D eigenvalue weighted by molar-refractivity contribution is 7.99. The van der Waals surface area contributed by atoms with Gasteiger partial charge in [0.25, 0.3) is 0 Å². The molecule has 0 saturated carbocycles. The molecule has 1 heterocycles. The van der Waals surface area contributed by atoms with E-state index in [2.05, 4.69) is 41.5 Å². The Morgan fingerprint density at radius 3 is 2.83 bits per heavy atom. The number of thioether (sulfide) groups is 1. The molecule has 3 aromatic rings. The number of terminal acetylenes is 1. The second-order valence-corrected chi connectivity index (χ2v) is 6.63. The highest BCUT2D eigenvalue weighted by Crippen LogP contribution is 2.25. The lowest BCUT2D eigenvalue weighted by Gasteiger charge is -2.10. The van der Waals surface area contributed by atoms with E-state index in [0.29, 0.717) is 13.2 Å². The molecule has 24 heavy (non-hydrogen) atoms. The zero-order valence-electron chi connectivity index (χ0n) is 14.0. The van der Waals surface area contributed by atoms with Gasteiger partial charge in [-0.15, -0.1) is 6.42 Å².